The zero-order chi connectivity index (χ0) is 16.6. The Morgan fingerprint density at radius 2 is 2.13 bits per heavy atom. The molecule has 1 N–H and O–H groups in total. The summed E-state index contributed by atoms with van der Waals surface area (Å²) in [5, 5.41) is 0. The third-order valence-electron chi connectivity index (χ3n) is 3.90. The van der Waals surface area contributed by atoms with Crippen molar-refractivity contribution >= 4 is 15.9 Å². The van der Waals surface area contributed by atoms with Crippen LogP contribution in [-0.2, 0) is 14.8 Å². The summed E-state index contributed by atoms with van der Waals surface area (Å²) in [6.07, 6.45) is 1.43. The number of hydrogen-bond donors (Lipinski definition) is 1. The minimum atomic E-state index is -3.95. The van der Waals surface area contributed by atoms with Crippen molar-refractivity contribution in [2.24, 2.45) is 0 Å². The van der Waals surface area contributed by atoms with E-state index in [2.05, 4.69) is 4.72 Å². The minimum Gasteiger partial charge on any atom is -0.375 e. The maximum absolute atomic E-state index is 13.9. The predicted molar refractivity (Wildman–Crippen MR) is 81.1 cm³/mol. The van der Waals surface area contributed by atoms with Crippen molar-refractivity contribution in [3.63, 3.8) is 0 Å². The molecule has 3 rings (SSSR count). The monoisotopic (exact) mass is 342 g/mol. The summed E-state index contributed by atoms with van der Waals surface area (Å²) in [5.41, 5.74) is 0.164. The van der Waals surface area contributed by atoms with Crippen molar-refractivity contribution in [3.05, 3.63) is 29.6 Å². The number of halogens is 1. The van der Waals surface area contributed by atoms with Gasteiger partial charge < -0.3 is 9.64 Å². The van der Waals surface area contributed by atoms with Crippen LogP contribution >= 0.6 is 0 Å². The van der Waals surface area contributed by atoms with Gasteiger partial charge in [0, 0.05) is 24.7 Å². The van der Waals surface area contributed by atoms with Crippen LogP contribution in [0.2, 0.25) is 0 Å². The van der Waals surface area contributed by atoms with E-state index in [1.54, 1.807) is 4.90 Å². The summed E-state index contributed by atoms with van der Waals surface area (Å²) < 4.78 is 46.2. The fourth-order valence-electron chi connectivity index (χ4n) is 2.51. The van der Waals surface area contributed by atoms with Crippen molar-refractivity contribution in [2.75, 3.05) is 19.7 Å². The van der Waals surface area contributed by atoms with E-state index in [1.807, 2.05) is 6.92 Å². The summed E-state index contributed by atoms with van der Waals surface area (Å²) in [6, 6.07) is 3.33. The molecule has 1 saturated carbocycles. The molecule has 1 aliphatic carbocycles. The Kier molecular flexibility index (Phi) is 4.39. The second kappa shape index (κ2) is 6.18. The smallest absolute Gasteiger partial charge is 0.254 e. The number of sulfonamides is 1. The molecule has 1 heterocycles. The van der Waals surface area contributed by atoms with Crippen LogP contribution in [0.15, 0.2) is 23.1 Å². The predicted octanol–water partition coefficient (Wildman–Crippen LogP) is 1.13. The lowest BCUT2D eigenvalue weighted by Gasteiger charge is -2.31. The van der Waals surface area contributed by atoms with E-state index >= 15 is 0 Å². The van der Waals surface area contributed by atoms with E-state index in [0.717, 1.165) is 25.0 Å². The highest BCUT2D eigenvalue weighted by Gasteiger charge is 2.31. The number of nitrogens with zero attached hydrogens (tertiary/aromatic N) is 1. The standard InChI is InChI=1S/C15H19FN2O4S/c1-10-9-18(6-7-22-10)15(19)11-2-5-13(16)14(8-11)23(20,21)17-12-3-4-12/h2,5,8,10,12,17H,3-4,6-7,9H2,1H3. The van der Waals surface area contributed by atoms with E-state index in [9.17, 15) is 17.6 Å². The number of carbonyl (C=O) groups excluding carboxylic acids is 1. The molecule has 2 fully saturated rings. The molecule has 8 heteroatoms. The Balaban J connectivity index is 1.86. The molecule has 23 heavy (non-hydrogen) atoms. The first-order valence-electron chi connectivity index (χ1n) is 7.59. The number of carbonyl (C=O) groups is 1. The first-order valence-corrected chi connectivity index (χ1v) is 9.08. The lowest BCUT2D eigenvalue weighted by molar-refractivity contribution is -0.0124. The van der Waals surface area contributed by atoms with Gasteiger partial charge in [-0.1, -0.05) is 0 Å². The number of amides is 1. The number of benzene rings is 1. The lowest BCUT2D eigenvalue weighted by Crippen LogP contribution is -2.44. The summed E-state index contributed by atoms with van der Waals surface area (Å²) in [6.45, 7) is 3.16. The van der Waals surface area contributed by atoms with Crippen LogP contribution in [0.25, 0.3) is 0 Å². The van der Waals surface area contributed by atoms with E-state index < -0.39 is 20.7 Å². The second-order valence-corrected chi connectivity index (χ2v) is 7.66. The Bertz CT molecular complexity index is 718. The highest BCUT2D eigenvalue weighted by atomic mass is 32.2. The first kappa shape index (κ1) is 16.4. The highest BCUT2D eigenvalue weighted by Crippen LogP contribution is 2.24. The van der Waals surface area contributed by atoms with Gasteiger partial charge in [-0.05, 0) is 38.0 Å². The van der Waals surface area contributed by atoms with Gasteiger partial charge >= 0.3 is 0 Å². The Morgan fingerprint density at radius 1 is 1.39 bits per heavy atom. The molecule has 1 unspecified atom stereocenters. The topological polar surface area (TPSA) is 75.7 Å². The van der Waals surface area contributed by atoms with Gasteiger partial charge in [0.15, 0.2) is 0 Å². The molecular formula is C15H19FN2O4S. The second-order valence-electron chi connectivity index (χ2n) is 5.97. The summed E-state index contributed by atoms with van der Waals surface area (Å²) >= 11 is 0. The Morgan fingerprint density at radius 3 is 2.78 bits per heavy atom. The van der Waals surface area contributed by atoms with Gasteiger partial charge in [0.05, 0.1) is 12.7 Å². The maximum atomic E-state index is 13.9. The quantitative estimate of drug-likeness (QED) is 0.890. The van der Waals surface area contributed by atoms with Crippen molar-refractivity contribution in [3.8, 4) is 0 Å². The fourth-order valence-corrected chi connectivity index (χ4v) is 3.92. The third-order valence-corrected chi connectivity index (χ3v) is 5.43. The molecule has 1 atom stereocenters. The number of nitrogens with one attached hydrogen (secondary N) is 1. The lowest BCUT2D eigenvalue weighted by atomic mass is 10.1. The van der Waals surface area contributed by atoms with Crippen LogP contribution in [-0.4, -0.2) is 51.1 Å². The number of ether oxygens (including phenoxy) is 1. The van der Waals surface area contributed by atoms with Crippen LogP contribution < -0.4 is 4.72 Å². The van der Waals surface area contributed by atoms with Gasteiger partial charge in [-0.25, -0.2) is 17.5 Å². The van der Waals surface area contributed by atoms with Crippen LogP contribution in [0, 0.1) is 5.82 Å². The van der Waals surface area contributed by atoms with E-state index in [0.29, 0.717) is 19.7 Å². The van der Waals surface area contributed by atoms with E-state index in [-0.39, 0.29) is 23.6 Å². The molecule has 0 spiro atoms. The van der Waals surface area contributed by atoms with E-state index in [1.165, 1.54) is 6.07 Å². The molecule has 2 aliphatic rings. The normalized spacial score (nSPS) is 22.2. The third kappa shape index (κ3) is 3.70. The SMILES string of the molecule is CC1CN(C(=O)c2ccc(F)c(S(=O)(=O)NC3CC3)c2)CCO1. The first-order chi connectivity index (χ1) is 10.9. The van der Waals surface area contributed by atoms with E-state index in [4.69, 9.17) is 4.74 Å². The molecule has 1 aromatic carbocycles. The molecule has 0 radical (unpaired) electrons. The molecule has 6 nitrogen and oxygen atoms in total. The van der Waals surface area contributed by atoms with Crippen LogP contribution in [0.3, 0.4) is 0 Å². The Labute approximate surface area is 134 Å². The fraction of sp³-hybridized carbons (Fsp3) is 0.533. The van der Waals surface area contributed by atoms with Gasteiger partial charge in [0.1, 0.15) is 10.7 Å². The summed E-state index contributed by atoms with van der Waals surface area (Å²) in [5.74, 6) is -1.17. The molecule has 1 aromatic rings. The molecular weight excluding hydrogens is 323 g/mol. The van der Waals surface area contributed by atoms with Gasteiger partial charge in [-0.15, -0.1) is 0 Å². The maximum Gasteiger partial charge on any atom is 0.254 e. The molecule has 0 bridgehead atoms. The van der Waals surface area contributed by atoms with Crippen molar-refractivity contribution in [2.45, 2.75) is 36.8 Å². The van der Waals surface area contributed by atoms with Crippen molar-refractivity contribution < 1.29 is 22.3 Å². The van der Waals surface area contributed by atoms with Gasteiger partial charge in [-0.3, -0.25) is 4.79 Å². The minimum absolute atomic E-state index is 0.0760. The largest absolute Gasteiger partial charge is 0.375 e. The summed E-state index contributed by atoms with van der Waals surface area (Å²) in [4.78, 5) is 13.6. The van der Waals surface area contributed by atoms with Gasteiger partial charge in [0.25, 0.3) is 5.91 Å². The van der Waals surface area contributed by atoms with Gasteiger partial charge in [-0.2, -0.15) is 0 Å². The molecule has 0 aromatic heterocycles. The zero-order valence-electron chi connectivity index (χ0n) is 12.8. The number of hydrogen-bond acceptors (Lipinski definition) is 4. The van der Waals surface area contributed by atoms with Gasteiger partial charge in [0.2, 0.25) is 10.0 Å². The average molecular weight is 342 g/mol. The molecule has 1 saturated heterocycles. The highest BCUT2D eigenvalue weighted by molar-refractivity contribution is 7.89. The molecule has 126 valence electrons. The summed E-state index contributed by atoms with van der Waals surface area (Å²) in [7, 11) is -3.95. The van der Waals surface area contributed by atoms with Crippen molar-refractivity contribution in [1.82, 2.24) is 9.62 Å². The van der Waals surface area contributed by atoms with Crippen LogP contribution in [0.5, 0.6) is 0 Å². The molecule has 1 aliphatic heterocycles. The zero-order valence-corrected chi connectivity index (χ0v) is 13.6. The van der Waals surface area contributed by atoms with Crippen LogP contribution in [0.1, 0.15) is 30.1 Å². The Hall–Kier alpha value is -1.51. The van der Waals surface area contributed by atoms with Crippen molar-refractivity contribution in [1.29, 1.82) is 0 Å². The number of morpholine rings is 1. The number of rotatable bonds is 4. The average Bonchev–Trinajstić information content (AvgIpc) is 3.30. The van der Waals surface area contributed by atoms with Crippen LogP contribution in [0.4, 0.5) is 4.39 Å². The molecule has 1 amide bonds.